The molecule has 5 aromatic rings. The molecule has 0 spiro atoms. The van der Waals surface area contributed by atoms with Gasteiger partial charge in [0.05, 0.1) is 49.1 Å². The first-order chi connectivity index (χ1) is 20.1. The normalized spacial score (nSPS) is 13.8. The van der Waals surface area contributed by atoms with E-state index < -0.39 is 0 Å². The molecule has 41 heavy (non-hydrogen) atoms. The first kappa shape index (κ1) is 27.1. The summed E-state index contributed by atoms with van der Waals surface area (Å²) >= 11 is 3.56. The predicted octanol–water partition coefficient (Wildman–Crippen LogP) is 6.71. The van der Waals surface area contributed by atoms with Gasteiger partial charge in [0, 0.05) is 22.5 Å². The number of fused-ring (bicyclic) bond motifs is 1. The zero-order valence-electron chi connectivity index (χ0n) is 22.9. The van der Waals surface area contributed by atoms with Gasteiger partial charge in [0.1, 0.15) is 17.9 Å². The third kappa shape index (κ3) is 6.32. The van der Waals surface area contributed by atoms with E-state index in [1.54, 1.807) is 13.4 Å². The van der Waals surface area contributed by atoms with Crippen molar-refractivity contribution in [3.8, 4) is 11.8 Å². The minimum absolute atomic E-state index is 0.129. The third-order valence-corrected chi connectivity index (χ3v) is 8.29. The molecular weight excluding hydrogens is 576 g/mol. The second kappa shape index (κ2) is 12.2. The van der Waals surface area contributed by atoms with Crippen molar-refractivity contribution in [1.82, 2.24) is 24.6 Å². The number of hydrogen-bond donors (Lipinski definition) is 0. The summed E-state index contributed by atoms with van der Waals surface area (Å²) in [5, 5.41) is 19.0. The molecule has 2 heterocycles. The maximum atomic E-state index is 9.17. The number of para-hydroxylation sites is 1. The molecule has 1 saturated carbocycles. The minimum Gasteiger partial charge on any atom is -0.496 e. The van der Waals surface area contributed by atoms with Crippen molar-refractivity contribution >= 4 is 26.8 Å². The van der Waals surface area contributed by atoms with Crippen LogP contribution in [-0.4, -0.2) is 38.3 Å². The Morgan fingerprint density at radius 2 is 1.80 bits per heavy atom. The summed E-state index contributed by atoms with van der Waals surface area (Å²) in [4.78, 5) is 7.69. The van der Waals surface area contributed by atoms with Crippen molar-refractivity contribution in [2.24, 2.45) is 5.92 Å². The van der Waals surface area contributed by atoms with Gasteiger partial charge in [-0.2, -0.15) is 5.26 Å². The maximum absolute atomic E-state index is 9.17. The molecule has 1 aliphatic rings. The Kier molecular flexibility index (Phi) is 8.08. The first-order valence-electron chi connectivity index (χ1n) is 13.9. The van der Waals surface area contributed by atoms with E-state index in [1.807, 2.05) is 36.4 Å². The number of benzene rings is 3. The van der Waals surface area contributed by atoms with Gasteiger partial charge in [0.25, 0.3) is 0 Å². The Bertz CT molecular complexity index is 1670. The number of rotatable bonds is 11. The molecule has 1 aliphatic carbocycles. The highest BCUT2D eigenvalue weighted by Gasteiger charge is 2.38. The lowest BCUT2D eigenvalue weighted by molar-refractivity contribution is 0.160. The first-order valence-corrected chi connectivity index (χ1v) is 14.7. The Hall–Kier alpha value is -4.06. The van der Waals surface area contributed by atoms with Crippen LogP contribution < -0.4 is 4.74 Å². The van der Waals surface area contributed by atoms with Gasteiger partial charge in [0.2, 0.25) is 0 Å². The van der Waals surface area contributed by atoms with E-state index in [0.29, 0.717) is 24.6 Å². The number of nitriles is 1. The molecule has 206 valence electrons. The number of pyridine rings is 1. The zero-order chi connectivity index (χ0) is 28.2. The van der Waals surface area contributed by atoms with Gasteiger partial charge in [-0.1, -0.05) is 52.3 Å². The lowest BCUT2D eigenvalue weighted by atomic mass is 10.0. The molecule has 0 amide bonds. The van der Waals surface area contributed by atoms with Gasteiger partial charge in [-0.05, 0) is 72.7 Å². The summed E-state index contributed by atoms with van der Waals surface area (Å²) < 4.78 is 9.02. The molecule has 0 saturated heterocycles. The van der Waals surface area contributed by atoms with E-state index in [1.165, 1.54) is 18.4 Å². The fourth-order valence-corrected chi connectivity index (χ4v) is 5.72. The molecule has 0 N–H and O–H groups in total. The molecule has 8 heteroatoms. The van der Waals surface area contributed by atoms with Gasteiger partial charge in [-0.25, -0.2) is 0 Å². The predicted molar refractivity (Wildman–Crippen MR) is 162 cm³/mol. The number of halogens is 1. The van der Waals surface area contributed by atoms with Crippen molar-refractivity contribution in [1.29, 1.82) is 5.26 Å². The lowest BCUT2D eigenvalue weighted by Crippen LogP contribution is -2.33. The number of ether oxygens (including phenoxy) is 1. The Balaban J connectivity index is 1.34. The van der Waals surface area contributed by atoms with E-state index in [4.69, 9.17) is 15.0 Å². The number of nitrogens with zero attached hydrogens (tertiary/aromatic N) is 6. The van der Waals surface area contributed by atoms with Crippen LogP contribution in [0.2, 0.25) is 0 Å². The van der Waals surface area contributed by atoms with Crippen LogP contribution in [0.4, 0.5) is 0 Å². The maximum Gasteiger partial charge on any atom is 0.147 e. The summed E-state index contributed by atoms with van der Waals surface area (Å²) in [6, 6.07) is 28.9. The molecule has 3 aromatic carbocycles. The Morgan fingerprint density at radius 1 is 1.05 bits per heavy atom. The molecule has 0 bridgehead atoms. The highest BCUT2D eigenvalue weighted by Crippen LogP contribution is 2.46. The van der Waals surface area contributed by atoms with Crippen molar-refractivity contribution in [3.05, 3.63) is 118 Å². The van der Waals surface area contributed by atoms with Crippen molar-refractivity contribution < 1.29 is 4.74 Å². The lowest BCUT2D eigenvalue weighted by Gasteiger charge is -2.32. The van der Waals surface area contributed by atoms with Crippen molar-refractivity contribution in [2.75, 3.05) is 13.7 Å². The summed E-state index contributed by atoms with van der Waals surface area (Å²) in [6.07, 6.45) is 5.05. The molecule has 1 fully saturated rings. The van der Waals surface area contributed by atoms with E-state index in [9.17, 15) is 0 Å². The van der Waals surface area contributed by atoms with Crippen LogP contribution >= 0.6 is 15.9 Å². The molecule has 0 aliphatic heterocycles. The molecule has 1 atom stereocenters. The smallest absolute Gasteiger partial charge is 0.147 e. The molecular formula is C33H31BrN6O. The average Bonchev–Trinajstić information content (AvgIpc) is 3.75. The standard InChI is InChI=1S/C33H31BrN6O/c1-41-31-18-30(37-29-5-3-2-4-28(29)31)33(26-12-13-26)39(17-16-23-10-14-27(34)15-11-23)21-32-38-36-22-40(32)20-25-8-6-24(19-35)7-9-25/h2-11,14-15,18,22,26,33H,12-13,16-17,20-21H2,1H3. The monoisotopic (exact) mass is 606 g/mol. The summed E-state index contributed by atoms with van der Waals surface area (Å²) in [6.45, 7) is 2.14. The van der Waals surface area contributed by atoms with Gasteiger partial charge in [-0.15, -0.1) is 10.2 Å². The quantitative estimate of drug-likeness (QED) is 0.166. The van der Waals surface area contributed by atoms with Gasteiger partial charge in [0.15, 0.2) is 0 Å². The largest absolute Gasteiger partial charge is 0.496 e. The van der Waals surface area contributed by atoms with Crippen LogP contribution in [-0.2, 0) is 19.5 Å². The average molecular weight is 608 g/mol. The number of aromatic nitrogens is 4. The molecule has 6 rings (SSSR count). The van der Waals surface area contributed by atoms with E-state index in [2.05, 4.69) is 84.1 Å². The molecule has 2 aromatic heterocycles. The van der Waals surface area contributed by atoms with E-state index in [-0.39, 0.29) is 6.04 Å². The Labute approximate surface area is 248 Å². The van der Waals surface area contributed by atoms with Crippen LogP contribution in [0.3, 0.4) is 0 Å². The fourth-order valence-electron chi connectivity index (χ4n) is 5.46. The van der Waals surface area contributed by atoms with Gasteiger partial charge < -0.3 is 9.30 Å². The second-order valence-electron chi connectivity index (χ2n) is 10.6. The van der Waals surface area contributed by atoms with Crippen LogP contribution in [0.1, 0.15) is 47.1 Å². The topological polar surface area (TPSA) is 79.9 Å². The summed E-state index contributed by atoms with van der Waals surface area (Å²) in [5.74, 6) is 2.28. The molecule has 0 radical (unpaired) electrons. The van der Waals surface area contributed by atoms with Gasteiger partial charge >= 0.3 is 0 Å². The third-order valence-electron chi connectivity index (χ3n) is 7.76. The van der Waals surface area contributed by atoms with E-state index in [0.717, 1.165) is 51.2 Å². The van der Waals surface area contributed by atoms with Crippen LogP contribution in [0.15, 0.2) is 89.7 Å². The highest BCUT2D eigenvalue weighted by atomic mass is 79.9. The second-order valence-corrected chi connectivity index (χ2v) is 11.5. The fraction of sp³-hybridized carbons (Fsp3) is 0.273. The van der Waals surface area contributed by atoms with Gasteiger partial charge in [-0.3, -0.25) is 9.88 Å². The number of methoxy groups -OCH3 is 1. The highest BCUT2D eigenvalue weighted by molar-refractivity contribution is 9.10. The van der Waals surface area contributed by atoms with Crippen molar-refractivity contribution in [3.63, 3.8) is 0 Å². The minimum atomic E-state index is 0.129. The van der Waals surface area contributed by atoms with E-state index >= 15 is 0 Å². The molecule has 7 nitrogen and oxygen atoms in total. The molecule has 1 unspecified atom stereocenters. The van der Waals surface area contributed by atoms with Crippen molar-refractivity contribution in [2.45, 2.75) is 38.4 Å². The van der Waals surface area contributed by atoms with Crippen LogP contribution in [0, 0.1) is 17.2 Å². The summed E-state index contributed by atoms with van der Waals surface area (Å²) in [5.41, 5.74) is 5.03. The number of hydrogen-bond acceptors (Lipinski definition) is 6. The SMILES string of the molecule is COc1cc(C(C2CC2)N(CCc2ccc(Br)cc2)Cc2nncn2Cc2ccc(C#N)cc2)nc2ccccc12. The van der Waals surface area contributed by atoms with Crippen LogP contribution in [0.25, 0.3) is 10.9 Å². The zero-order valence-corrected chi connectivity index (χ0v) is 24.5. The summed E-state index contributed by atoms with van der Waals surface area (Å²) in [7, 11) is 1.73. The van der Waals surface area contributed by atoms with Crippen LogP contribution in [0.5, 0.6) is 5.75 Å². The Morgan fingerprint density at radius 3 is 2.54 bits per heavy atom.